The van der Waals surface area contributed by atoms with Gasteiger partial charge in [-0.1, -0.05) is 42.0 Å². The molecule has 0 bridgehead atoms. The van der Waals surface area contributed by atoms with Crippen LogP contribution in [0.3, 0.4) is 0 Å². The molecule has 0 saturated carbocycles. The van der Waals surface area contributed by atoms with Gasteiger partial charge in [-0.2, -0.15) is 0 Å². The minimum Gasteiger partial charge on any atom is -0.352 e. The summed E-state index contributed by atoms with van der Waals surface area (Å²) in [6.45, 7) is 11.2. The summed E-state index contributed by atoms with van der Waals surface area (Å²) in [5.41, 5.74) is 10.1. The zero-order valence-electron chi connectivity index (χ0n) is 23.2. The van der Waals surface area contributed by atoms with Crippen molar-refractivity contribution in [3.05, 3.63) is 112 Å². The van der Waals surface area contributed by atoms with E-state index in [0.29, 0.717) is 18.1 Å². The Hall–Kier alpha value is -3.97. The van der Waals surface area contributed by atoms with E-state index in [2.05, 4.69) is 77.0 Å². The maximum atomic E-state index is 12.9. The van der Waals surface area contributed by atoms with Crippen LogP contribution in [0.25, 0.3) is 5.69 Å². The number of para-hydroxylation sites is 1. The molecule has 1 aliphatic heterocycles. The molecule has 4 aromatic rings. The number of benzene rings is 2. The molecule has 1 aliphatic rings. The summed E-state index contributed by atoms with van der Waals surface area (Å²) in [4.78, 5) is 19.7. The summed E-state index contributed by atoms with van der Waals surface area (Å²) in [6.07, 6.45) is 2.13. The molecule has 6 nitrogen and oxygen atoms in total. The Kier molecular flexibility index (Phi) is 7.53. The van der Waals surface area contributed by atoms with Crippen molar-refractivity contribution >= 4 is 28.9 Å². The van der Waals surface area contributed by atoms with Crippen molar-refractivity contribution in [2.24, 2.45) is 0 Å². The third-order valence-electron chi connectivity index (χ3n) is 7.56. The van der Waals surface area contributed by atoms with Gasteiger partial charge in [0.2, 0.25) is 5.91 Å². The number of pyridine rings is 1. The van der Waals surface area contributed by atoms with Crippen LogP contribution in [0, 0.1) is 34.6 Å². The van der Waals surface area contributed by atoms with Gasteiger partial charge in [0.25, 0.3) is 0 Å². The number of amides is 1. The number of aryl methyl sites for hydroxylation is 4. The fraction of sp³-hybridized carbons (Fsp3) is 0.281. The van der Waals surface area contributed by atoms with Crippen LogP contribution in [0.15, 0.2) is 72.9 Å². The van der Waals surface area contributed by atoms with E-state index in [9.17, 15) is 4.79 Å². The number of nitrogens with zero attached hydrogens (tertiary/aromatic N) is 3. The highest BCUT2D eigenvalue weighted by Gasteiger charge is 2.41. The van der Waals surface area contributed by atoms with E-state index in [-0.39, 0.29) is 18.0 Å². The Morgan fingerprint density at radius 1 is 0.974 bits per heavy atom. The van der Waals surface area contributed by atoms with Crippen LogP contribution in [-0.4, -0.2) is 32.0 Å². The lowest BCUT2D eigenvalue weighted by molar-refractivity contribution is -0.116. The smallest absolute Gasteiger partial charge is 0.226 e. The van der Waals surface area contributed by atoms with Gasteiger partial charge in [0.1, 0.15) is 0 Å². The summed E-state index contributed by atoms with van der Waals surface area (Å²) < 4.78 is 2.35. The molecular weight excluding hydrogens is 502 g/mol. The molecular formula is C32H35N5OS. The molecule has 7 heteroatoms. The molecule has 3 heterocycles. The highest BCUT2D eigenvalue weighted by atomic mass is 32.1. The van der Waals surface area contributed by atoms with Crippen LogP contribution in [0.4, 0.5) is 5.69 Å². The summed E-state index contributed by atoms with van der Waals surface area (Å²) in [5, 5.41) is 7.17. The summed E-state index contributed by atoms with van der Waals surface area (Å²) in [6, 6.07) is 22.2. The Bertz CT molecular complexity index is 1490. The van der Waals surface area contributed by atoms with Gasteiger partial charge >= 0.3 is 0 Å². The van der Waals surface area contributed by atoms with Gasteiger partial charge in [-0.25, -0.2) is 0 Å². The number of thiocarbonyl (C=S) groups is 1. The van der Waals surface area contributed by atoms with E-state index in [1.807, 2.05) is 55.6 Å². The van der Waals surface area contributed by atoms with Gasteiger partial charge in [0, 0.05) is 36.2 Å². The van der Waals surface area contributed by atoms with Crippen LogP contribution in [0.1, 0.15) is 57.8 Å². The Morgan fingerprint density at radius 3 is 2.36 bits per heavy atom. The second-order valence-corrected chi connectivity index (χ2v) is 10.8. The lowest BCUT2D eigenvalue weighted by Gasteiger charge is -2.28. The van der Waals surface area contributed by atoms with Crippen LogP contribution in [0.2, 0.25) is 0 Å². The summed E-state index contributed by atoms with van der Waals surface area (Å²) in [5.74, 6) is -0.0392. The van der Waals surface area contributed by atoms with Crippen LogP contribution >= 0.6 is 12.2 Å². The number of hydrogen-bond acceptors (Lipinski definition) is 3. The van der Waals surface area contributed by atoms with E-state index >= 15 is 0 Å². The number of carbonyl (C=O) groups is 1. The molecule has 1 fully saturated rings. The number of carbonyl (C=O) groups excluding carboxylic acids is 1. The third-order valence-corrected chi connectivity index (χ3v) is 7.92. The first-order chi connectivity index (χ1) is 18.7. The summed E-state index contributed by atoms with van der Waals surface area (Å²) in [7, 11) is 0. The van der Waals surface area contributed by atoms with Crippen molar-refractivity contribution in [2.45, 2.75) is 53.1 Å². The molecule has 39 heavy (non-hydrogen) atoms. The first-order valence-corrected chi connectivity index (χ1v) is 13.8. The third kappa shape index (κ3) is 5.32. The monoisotopic (exact) mass is 537 g/mol. The van der Waals surface area contributed by atoms with Gasteiger partial charge in [-0.15, -0.1) is 0 Å². The van der Waals surface area contributed by atoms with Gasteiger partial charge in [0.05, 0.1) is 23.5 Å². The molecule has 0 radical (unpaired) electrons. The van der Waals surface area contributed by atoms with E-state index in [1.165, 1.54) is 22.4 Å². The van der Waals surface area contributed by atoms with Gasteiger partial charge in [0.15, 0.2) is 5.11 Å². The molecule has 200 valence electrons. The number of anilines is 1. The average molecular weight is 538 g/mol. The predicted molar refractivity (Wildman–Crippen MR) is 161 cm³/mol. The minimum absolute atomic E-state index is 0.0392. The van der Waals surface area contributed by atoms with E-state index in [1.54, 1.807) is 0 Å². The van der Waals surface area contributed by atoms with Crippen molar-refractivity contribution in [3.63, 3.8) is 0 Å². The lowest BCUT2D eigenvalue weighted by atomic mass is 9.96. The highest BCUT2D eigenvalue weighted by molar-refractivity contribution is 7.80. The first-order valence-electron chi connectivity index (χ1n) is 13.3. The Labute approximate surface area is 236 Å². The molecule has 0 spiro atoms. The van der Waals surface area contributed by atoms with Crippen LogP contribution in [-0.2, 0) is 4.79 Å². The van der Waals surface area contributed by atoms with E-state index < -0.39 is 0 Å². The van der Waals surface area contributed by atoms with Gasteiger partial charge in [-0.3, -0.25) is 9.78 Å². The van der Waals surface area contributed by atoms with Crippen LogP contribution < -0.4 is 10.6 Å². The molecule has 2 atom stereocenters. The maximum Gasteiger partial charge on any atom is 0.226 e. The largest absolute Gasteiger partial charge is 0.352 e. The number of hydrogen-bond donors (Lipinski definition) is 2. The lowest BCUT2D eigenvalue weighted by Crippen LogP contribution is -2.32. The second kappa shape index (κ2) is 11.0. The zero-order chi connectivity index (χ0) is 27.7. The molecule has 2 aromatic heterocycles. The molecule has 1 amide bonds. The number of rotatable bonds is 7. The minimum atomic E-state index is -0.134. The fourth-order valence-corrected chi connectivity index (χ4v) is 5.99. The predicted octanol–water partition coefficient (Wildman–Crippen LogP) is 6.42. The summed E-state index contributed by atoms with van der Waals surface area (Å²) >= 11 is 5.86. The molecule has 5 rings (SSSR count). The molecule has 2 aromatic carbocycles. The first kappa shape index (κ1) is 26.6. The highest BCUT2D eigenvalue weighted by Crippen LogP contribution is 2.42. The Morgan fingerprint density at radius 2 is 1.69 bits per heavy atom. The molecule has 1 saturated heterocycles. The quantitative estimate of drug-likeness (QED) is 0.267. The van der Waals surface area contributed by atoms with Crippen molar-refractivity contribution in [2.75, 3.05) is 11.9 Å². The van der Waals surface area contributed by atoms with E-state index in [4.69, 9.17) is 12.2 Å². The van der Waals surface area contributed by atoms with Gasteiger partial charge < -0.3 is 20.1 Å². The van der Waals surface area contributed by atoms with Crippen molar-refractivity contribution < 1.29 is 4.79 Å². The van der Waals surface area contributed by atoms with Crippen molar-refractivity contribution in [1.82, 2.24) is 19.8 Å². The SMILES string of the molecule is Cc1ccc(NC(=O)CCN2C(=S)NC(c3ccccn3)C2c2cc(C)n(-c3c(C)cccc3C)c2C)cc1. The van der Waals surface area contributed by atoms with Crippen molar-refractivity contribution in [1.29, 1.82) is 0 Å². The number of nitrogens with one attached hydrogen (secondary N) is 2. The zero-order valence-corrected chi connectivity index (χ0v) is 24.0. The van der Waals surface area contributed by atoms with Crippen molar-refractivity contribution in [3.8, 4) is 5.69 Å². The van der Waals surface area contributed by atoms with E-state index in [0.717, 1.165) is 28.3 Å². The normalized spacial score (nSPS) is 16.8. The van der Waals surface area contributed by atoms with Crippen LogP contribution in [0.5, 0.6) is 0 Å². The standard InChI is InChI=1S/C32H35N5OS/c1-20-12-14-25(15-13-20)34-28(38)16-18-36-31(29(35-32(36)39)27-11-6-7-17-33-27)26-19-23(4)37(24(26)5)30-21(2)9-8-10-22(30)3/h6-15,17,19,29,31H,16,18H2,1-5H3,(H,34,38)(H,35,39). The maximum absolute atomic E-state index is 12.9. The molecule has 2 unspecified atom stereocenters. The fourth-order valence-electron chi connectivity index (χ4n) is 5.66. The topological polar surface area (TPSA) is 62.2 Å². The number of aromatic nitrogens is 2. The van der Waals surface area contributed by atoms with Gasteiger partial charge in [-0.05, 0) is 93.9 Å². The molecule has 2 N–H and O–H groups in total. The average Bonchev–Trinajstić information content (AvgIpc) is 3.39. The second-order valence-electron chi connectivity index (χ2n) is 10.4. The molecule has 0 aliphatic carbocycles. The Balaban J connectivity index is 1.49.